The van der Waals surface area contributed by atoms with E-state index >= 15 is 0 Å². The zero-order chi connectivity index (χ0) is 22.8. The van der Waals surface area contributed by atoms with Crippen LogP contribution in [-0.4, -0.2) is 46.4 Å². The summed E-state index contributed by atoms with van der Waals surface area (Å²) < 4.78 is 37.7. The van der Waals surface area contributed by atoms with E-state index in [1.807, 2.05) is 43.3 Å². The zero-order valence-electron chi connectivity index (χ0n) is 18.6. The van der Waals surface area contributed by atoms with E-state index in [-0.39, 0.29) is 24.4 Å². The van der Waals surface area contributed by atoms with Crippen molar-refractivity contribution in [1.82, 2.24) is 5.32 Å². The highest BCUT2D eigenvalue weighted by Crippen LogP contribution is 2.38. The molecule has 168 valence electrons. The third-order valence-corrected chi connectivity index (χ3v) is 6.29. The lowest BCUT2D eigenvalue weighted by atomic mass is 9.86. The molecule has 7 nitrogen and oxygen atoms in total. The van der Waals surface area contributed by atoms with Crippen molar-refractivity contribution >= 4 is 21.6 Å². The molecule has 0 aromatic heterocycles. The maximum absolute atomic E-state index is 12.7. The first-order valence-electron chi connectivity index (χ1n) is 10.2. The second-order valence-corrected chi connectivity index (χ2v) is 10.6. The maximum atomic E-state index is 12.7. The maximum Gasteiger partial charge on any atom is 0.263 e. The smallest absolute Gasteiger partial charge is 0.263 e. The van der Waals surface area contributed by atoms with Crippen LogP contribution in [0.4, 0.5) is 5.69 Å². The van der Waals surface area contributed by atoms with Crippen LogP contribution in [0.1, 0.15) is 31.9 Å². The Morgan fingerprint density at radius 1 is 1.23 bits per heavy atom. The molecule has 1 aliphatic heterocycles. The SMILES string of the molecule is Cc1ccccc1OCCNC(=O)[C@@H]1CN(S(C)(=O)=O)c2cc(C(C)(C)C)ccc2O1. The van der Waals surface area contributed by atoms with E-state index < -0.39 is 16.1 Å². The summed E-state index contributed by atoms with van der Waals surface area (Å²) >= 11 is 0. The van der Waals surface area contributed by atoms with Gasteiger partial charge in [-0.25, -0.2) is 8.42 Å². The number of carbonyl (C=O) groups is 1. The van der Waals surface area contributed by atoms with Crippen LogP contribution in [0.15, 0.2) is 42.5 Å². The van der Waals surface area contributed by atoms with E-state index in [4.69, 9.17) is 9.47 Å². The lowest BCUT2D eigenvalue weighted by Crippen LogP contribution is -2.51. The van der Waals surface area contributed by atoms with Crippen LogP contribution >= 0.6 is 0 Å². The number of aryl methyl sites for hydroxylation is 1. The Labute approximate surface area is 184 Å². The monoisotopic (exact) mass is 446 g/mol. The molecule has 8 heteroatoms. The van der Waals surface area contributed by atoms with Gasteiger partial charge in [-0.2, -0.15) is 0 Å². The number of amides is 1. The van der Waals surface area contributed by atoms with Gasteiger partial charge in [-0.3, -0.25) is 9.10 Å². The van der Waals surface area contributed by atoms with Crippen LogP contribution in [-0.2, 0) is 20.2 Å². The molecule has 0 aliphatic carbocycles. The Hall–Kier alpha value is -2.74. The molecule has 1 amide bonds. The standard InChI is InChI=1S/C23H30N2O5S/c1-16-8-6-7-9-19(16)29-13-12-24-22(26)21-15-25(31(5,27)28)18-14-17(23(2,3)4)10-11-20(18)30-21/h6-11,14,21H,12-13,15H2,1-5H3,(H,24,26)/t21-/m0/s1. The van der Waals surface area contributed by atoms with E-state index in [1.54, 1.807) is 6.07 Å². The molecule has 0 bridgehead atoms. The van der Waals surface area contributed by atoms with Crippen LogP contribution in [0.2, 0.25) is 0 Å². The van der Waals surface area contributed by atoms with Crippen LogP contribution in [0.3, 0.4) is 0 Å². The molecule has 1 aliphatic rings. The Bertz CT molecular complexity index is 1060. The summed E-state index contributed by atoms with van der Waals surface area (Å²) in [5, 5.41) is 2.77. The Balaban J connectivity index is 1.69. The van der Waals surface area contributed by atoms with Crippen molar-refractivity contribution in [3.8, 4) is 11.5 Å². The number of hydrogen-bond donors (Lipinski definition) is 1. The summed E-state index contributed by atoms with van der Waals surface area (Å²) in [6.45, 7) is 8.61. The first-order chi connectivity index (χ1) is 14.5. The highest BCUT2D eigenvalue weighted by molar-refractivity contribution is 7.92. The van der Waals surface area contributed by atoms with Gasteiger partial charge in [0.25, 0.3) is 5.91 Å². The van der Waals surface area contributed by atoms with Crippen molar-refractivity contribution in [2.75, 3.05) is 30.3 Å². The molecule has 2 aromatic rings. The molecule has 0 spiro atoms. The summed E-state index contributed by atoms with van der Waals surface area (Å²) in [7, 11) is -3.59. The highest BCUT2D eigenvalue weighted by Gasteiger charge is 2.35. The van der Waals surface area contributed by atoms with Crippen molar-refractivity contribution in [3.05, 3.63) is 53.6 Å². The van der Waals surface area contributed by atoms with Gasteiger partial charge in [-0.05, 0) is 41.7 Å². The van der Waals surface area contributed by atoms with Gasteiger partial charge in [-0.1, -0.05) is 45.0 Å². The molecule has 0 saturated carbocycles. The van der Waals surface area contributed by atoms with Gasteiger partial charge in [0.05, 0.1) is 25.0 Å². The summed E-state index contributed by atoms with van der Waals surface area (Å²) in [6, 6.07) is 13.1. The van der Waals surface area contributed by atoms with Gasteiger partial charge in [0.1, 0.15) is 18.1 Å². The van der Waals surface area contributed by atoms with Crippen molar-refractivity contribution in [2.24, 2.45) is 0 Å². The third-order valence-electron chi connectivity index (χ3n) is 5.14. The number of rotatable bonds is 6. The molecular formula is C23H30N2O5S. The van der Waals surface area contributed by atoms with Gasteiger partial charge in [0.2, 0.25) is 10.0 Å². The number of carbonyl (C=O) groups excluding carboxylic acids is 1. The van der Waals surface area contributed by atoms with Gasteiger partial charge >= 0.3 is 0 Å². The fourth-order valence-electron chi connectivity index (χ4n) is 3.34. The fourth-order valence-corrected chi connectivity index (χ4v) is 4.24. The van der Waals surface area contributed by atoms with Gasteiger partial charge < -0.3 is 14.8 Å². The van der Waals surface area contributed by atoms with Gasteiger partial charge in [0, 0.05) is 0 Å². The average Bonchev–Trinajstić information content (AvgIpc) is 2.69. The van der Waals surface area contributed by atoms with Gasteiger partial charge in [-0.15, -0.1) is 0 Å². The Morgan fingerprint density at radius 2 is 1.94 bits per heavy atom. The van der Waals surface area contributed by atoms with Crippen molar-refractivity contribution in [2.45, 2.75) is 39.2 Å². The summed E-state index contributed by atoms with van der Waals surface area (Å²) in [6.07, 6.45) is 0.192. The van der Waals surface area contributed by atoms with E-state index in [2.05, 4.69) is 26.1 Å². The molecule has 1 atom stereocenters. The first kappa shape index (κ1) is 22.9. The number of anilines is 1. The summed E-state index contributed by atoms with van der Waals surface area (Å²) in [5.74, 6) is 0.756. The normalized spacial score (nSPS) is 16.3. The number of nitrogens with one attached hydrogen (secondary N) is 1. The van der Waals surface area contributed by atoms with Crippen LogP contribution in [0.25, 0.3) is 0 Å². The van der Waals surface area contributed by atoms with E-state index in [0.717, 1.165) is 23.1 Å². The topological polar surface area (TPSA) is 84.9 Å². The molecular weight excluding hydrogens is 416 g/mol. The molecule has 1 N–H and O–H groups in total. The molecule has 2 aromatic carbocycles. The predicted octanol–water partition coefficient (Wildman–Crippen LogP) is 3.01. The van der Waals surface area contributed by atoms with Gasteiger partial charge in [0.15, 0.2) is 6.10 Å². The molecule has 0 radical (unpaired) electrons. The van der Waals surface area contributed by atoms with Crippen molar-refractivity contribution in [1.29, 1.82) is 0 Å². The van der Waals surface area contributed by atoms with Crippen LogP contribution in [0.5, 0.6) is 11.5 Å². The van der Waals surface area contributed by atoms with Crippen LogP contribution in [0, 0.1) is 6.92 Å². The summed E-state index contributed by atoms with van der Waals surface area (Å²) in [4.78, 5) is 12.7. The zero-order valence-corrected chi connectivity index (χ0v) is 19.5. The van der Waals surface area contributed by atoms with Crippen molar-refractivity contribution in [3.63, 3.8) is 0 Å². The Morgan fingerprint density at radius 3 is 2.58 bits per heavy atom. The lowest BCUT2D eigenvalue weighted by molar-refractivity contribution is -0.127. The number of fused-ring (bicyclic) bond motifs is 1. The molecule has 0 fully saturated rings. The number of nitrogens with zero attached hydrogens (tertiary/aromatic N) is 1. The van der Waals surface area contributed by atoms with Crippen LogP contribution < -0.4 is 19.1 Å². The quantitative estimate of drug-likeness (QED) is 0.690. The second kappa shape index (κ2) is 8.78. The molecule has 0 saturated heterocycles. The Kier molecular flexibility index (Phi) is 6.50. The number of sulfonamides is 1. The van der Waals surface area contributed by atoms with E-state index in [1.165, 1.54) is 4.31 Å². The summed E-state index contributed by atoms with van der Waals surface area (Å²) in [5.41, 5.74) is 2.31. The largest absolute Gasteiger partial charge is 0.491 e. The molecule has 0 unspecified atom stereocenters. The number of para-hydroxylation sites is 1. The second-order valence-electron chi connectivity index (χ2n) is 8.74. The number of benzene rings is 2. The minimum absolute atomic E-state index is 0.0795. The molecule has 31 heavy (non-hydrogen) atoms. The average molecular weight is 447 g/mol. The molecule has 3 rings (SSSR count). The third kappa shape index (κ3) is 5.50. The first-order valence-corrected chi connectivity index (χ1v) is 12.1. The van der Waals surface area contributed by atoms with Crippen molar-refractivity contribution < 1.29 is 22.7 Å². The number of hydrogen-bond acceptors (Lipinski definition) is 5. The number of ether oxygens (including phenoxy) is 2. The van der Waals surface area contributed by atoms with E-state index in [9.17, 15) is 13.2 Å². The highest BCUT2D eigenvalue weighted by atomic mass is 32.2. The minimum atomic E-state index is -3.59. The molecule has 1 heterocycles. The van der Waals surface area contributed by atoms with E-state index in [0.29, 0.717) is 18.0 Å². The minimum Gasteiger partial charge on any atom is -0.491 e. The predicted molar refractivity (Wildman–Crippen MR) is 121 cm³/mol. The lowest BCUT2D eigenvalue weighted by Gasteiger charge is -2.35. The fraction of sp³-hybridized carbons (Fsp3) is 0.435.